The highest BCUT2D eigenvalue weighted by molar-refractivity contribution is 9.10. The van der Waals surface area contributed by atoms with Crippen LogP contribution in [0.2, 0.25) is 0 Å². The number of nitrogens with one attached hydrogen (secondary N) is 2. The largest absolute Gasteiger partial charge is 0.495 e. The lowest BCUT2D eigenvalue weighted by atomic mass is 10.0. The number of hydrogen-bond donors (Lipinski definition) is 2. The quantitative estimate of drug-likeness (QED) is 0.0547. The number of nitro benzene ring substituents is 1. The van der Waals surface area contributed by atoms with Crippen molar-refractivity contribution in [2.45, 2.75) is 6.92 Å². The molecule has 4 aromatic carbocycles. The first-order valence-electron chi connectivity index (χ1n) is 13.3. The smallest absolute Gasteiger partial charge is 0.343 e. The van der Waals surface area contributed by atoms with Gasteiger partial charge in [-0.2, -0.15) is 5.10 Å². The average Bonchev–Trinajstić information content (AvgIpc) is 3.45. The predicted molar refractivity (Wildman–Crippen MR) is 169 cm³/mol. The van der Waals surface area contributed by atoms with Crippen molar-refractivity contribution in [3.63, 3.8) is 0 Å². The van der Waals surface area contributed by atoms with Crippen molar-refractivity contribution in [3.05, 3.63) is 116 Å². The van der Waals surface area contributed by atoms with Gasteiger partial charge < -0.3 is 19.2 Å². The highest BCUT2D eigenvalue weighted by Crippen LogP contribution is 2.41. The van der Waals surface area contributed by atoms with Crippen molar-refractivity contribution in [2.24, 2.45) is 5.10 Å². The van der Waals surface area contributed by atoms with Gasteiger partial charge in [0.1, 0.15) is 11.4 Å². The maximum absolute atomic E-state index is 13.4. The molecule has 1 amide bonds. The van der Waals surface area contributed by atoms with Gasteiger partial charge in [0.05, 0.1) is 35.9 Å². The molecule has 0 aliphatic rings. The first-order valence-corrected chi connectivity index (χ1v) is 14.1. The molecule has 1 heterocycles. The number of H-pyrrole nitrogens is 1. The normalized spacial score (nSPS) is 11.0. The van der Waals surface area contributed by atoms with Crippen LogP contribution in [0.3, 0.4) is 0 Å². The summed E-state index contributed by atoms with van der Waals surface area (Å²) in [5.74, 6) is -0.159. The van der Waals surface area contributed by atoms with E-state index < -0.39 is 16.8 Å². The van der Waals surface area contributed by atoms with Crippen LogP contribution in [0, 0.1) is 10.1 Å². The van der Waals surface area contributed by atoms with E-state index in [0.717, 1.165) is 15.4 Å². The minimum atomic E-state index is -0.703. The van der Waals surface area contributed by atoms with Crippen LogP contribution in [-0.4, -0.2) is 41.7 Å². The molecule has 5 aromatic rings. The Hall–Kier alpha value is -5.49. The molecule has 0 radical (unpaired) electrons. The first kappa shape index (κ1) is 30.0. The van der Waals surface area contributed by atoms with E-state index in [9.17, 15) is 19.7 Å². The number of rotatable bonds is 10. The number of benzene rings is 4. The molecule has 0 aliphatic carbocycles. The van der Waals surface area contributed by atoms with Crippen molar-refractivity contribution >= 4 is 50.6 Å². The predicted octanol–water partition coefficient (Wildman–Crippen LogP) is 6.90. The van der Waals surface area contributed by atoms with Gasteiger partial charge in [-0.15, -0.1) is 0 Å². The highest BCUT2D eigenvalue weighted by atomic mass is 79.9. The monoisotopic (exact) mass is 656 g/mol. The summed E-state index contributed by atoms with van der Waals surface area (Å²) in [6.07, 6.45) is 1.43. The van der Waals surface area contributed by atoms with E-state index in [1.54, 1.807) is 32.2 Å². The number of nitrogens with zero attached hydrogens (tertiary/aromatic N) is 2. The molecule has 0 saturated carbocycles. The summed E-state index contributed by atoms with van der Waals surface area (Å²) < 4.78 is 17.5. The Balaban J connectivity index is 1.37. The lowest BCUT2D eigenvalue weighted by Crippen LogP contribution is -2.19. The van der Waals surface area contributed by atoms with Crippen molar-refractivity contribution in [1.29, 1.82) is 0 Å². The minimum absolute atomic E-state index is 0.138. The van der Waals surface area contributed by atoms with E-state index in [-0.39, 0.29) is 22.7 Å². The zero-order valence-electron chi connectivity index (χ0n) is 23.5. The third kappa shape index (κ3) is 6.30. The summed E-state index contributed by atoms with van der Waals surface area (Å²) >= 11 is 3.61. The number of esters is 1. The molecule has 0 bridgehead atoms. The zero-order valence-corrected chi connectivity index (χ0v) is 25.1. The van der Waals surface area contributed by atoms with Crippen LogP contribution >= 0.6 is 15.9 Å². The fraction of sp³-hybridized carbons (Fsp3) is 0.0938. The molecule has 1 aromatic heterocycles. The Morgan fingerprint density at radius 2 is 1.73 bits per heavy atom. The number of methoxy groups -OCH3 is 1. The summed E-state index contributed by atoms with van der Waals surface area (Å²) in [4.78, 5) is 39.6. The van der Waals surface area contributed by atoms with Gasteiger partial charge in [-0.25, -0.2) is 10.2 Å². The van der Waals surface area contributed by atoms with E-state index in [1.807, 2.05) is 36.4 Å². The number of carbonyl (C=O) groups excluding carboxylic acids is 2. The second-order valence-electron chi connectivity index (χ2n) is 9.27. The highest BCUT2D eigenvalue weighted by Gasteiger charge is 2.23. The van der Waals surface area contributed by atoms with Gasteiger partial charge in [-0.05, 0) is 60.5 Å². The Morgan fingerprint density at radius 3 is 2.41 bits per heavy atom. The number of aromatic nitrogens is 1. The van der Waals surface area contributed by atoms with Crippen LogP contribution in [0.15, 0.2) is 94.5 Å². The number of nitro groups is 1. The number of ether oxygens (including phenoxy) is 3. The Kier molecular flexibility index (Phi) is 9.01. The summed E-state index contributed by atoms with van der Waals surface area (Å²) in [6.45, 7) is 2.07. The molecule has 44 heavy (non-hydrogen) atoms. The lowest BCUT2D eigenvalue weighted by Gasteiger charge is -2.11. The molecule has 2 N–H and O–H groups in total. The Labute approximate surface area is 259 Å². The van der Waals surface area contributed by atoms with Gasteiger partial charge in [0, 0.05) is 27.6 Å². The maximum Gasteiger partial charge on any atom is 0.343 e. The van der Waals surface area contributed by atoms with Gasteiger partial charge in [-0.1, -0.05) is 46.3 Å². The van der Waals surface area contributed by atoms with E-state index in [2.05, 4.69) is 31.4 Å². The molecule has 222 valence electrons. The van der Waals surface area contributed by atoms with Crippen LogP contribution in [0.1, 0.15) is 33.3 Å². The van der Waals surface area contributed by atoms with E-state index in [0.29, 0.717) is 34.7 Å². The van der Waals surface area contributed by atoms with Crippen LogP contribution in [0.25, 0.3) is 22.0 Å². The first-order chi connectivity index (χ1) is 21.3. The molecule has 5 rings (SSSR count). The summed E-state index contributed by atoms with van der Waals surface area (Å²) in [7, 11) is 1.56. The van der Waals surface area contributed by atoms with Crippen LogP contribution in [0.4, 0.5) is 5.69 Å². The third-order valence-electron chi connectivity index (χ3n) is 6.54. The van der Waals surface area contributed by atoms with Gasteiger partial charge in [0.2, 0.25) is 0 Å². The van der Waals surface area contributed by atoms with Crippen LogP contribution in [-0.2, 0) is 0 Å². The fourth-order valence-electron chi connectivity index (χ4n) is 4.53. The van der Waals surface area contributed by atoms with Gasteiger partial charge >= 0.3 is 5.97 Å². The second-order valence-corrected chi connectivity index (χ2v) is 10.1. The van der Waals surface area contributed by atoms with Crippen molar-refractivity contribution in [2.75, 3.05) is 13.7 Å². The number of non-ortho nitro benzene ring substituents is 1. The number of halogens is 1. The molecule has 11 nitrogen and oxygen atoms in total. The molecule has 12 heteroatoms. The van der Waals surface area contributed by atoms with Crippen LogP contribution in [0.5, 0.6) is 17.2 Å². The van der Waals surface area contributed by atoms with Crippen molar-refractivity contribution in [1.82, 2.24) is 10.4 Å². The molecular weight excluding hydrogens is 632 g/mol. The molecular formula is C32H25BrN4O7. The fourth-order valence-corrected chi connectivity index (χ4v) is 5.06. The summed E-state index contributed by atoms with van der Waals surface area (Å²) in [6, 6.07) is 23.0. The van der Waals surface area contributed by atoms with Crippen molar-refractivity contribution < 1.29 is 28.7 Å². The van der Waals surface area contributed by atoms with Crippen molar-refractivity contribution in [3.8, 4) is 28.4 Å². The molecule has 0 spiro atoms. The number of hydrazone groups is 1. The Morgan fingerprint density at radius 1 is 1.00 bits per heavy atom. The van der Waals surface area contributed by atoms with Gasteiger partial charge in [0.25, 0.3) is 11.6 Å². The lowest BCUT2D eigenvalue weighted by molar-refractivity contribution is -0.384. The topological polar surface area (TPSA) is 145 Å². The molecule has 0 saturated heterocycles. The second kappa shape index (κ2) is 13.2. The number of hydrogen-bond acceptors (Lipinski definition) is 8. The van der Waals surface area contributed by atoms with Gasteiger partial charge in [-0.3, -0.25) is 14.9 Å². The third-order valence-corrected chi connectivity index (χ3v) is 7.20. The molecule has 0 atom stereocenters. The molecule has 0 fully saturated rings. The minimum Gasteiger partial charge on any atom is -0.495 e. The maximum atomic E-state index is 13.4. The number of fused-ring (bicyclic) bond motifs is 1. The van der Waals surface area contributed by atoms with Gasteiger partial charge in [0.15, 0.2) is 11.5 Å². The Bertz CT molecular complexity index is 1890. The standard InChI is InChI=1S/C32H25BrN4O7/c1-3-43-26-17-19(9-15-24(26)44-32(39)21-10-12-22(13-11-21)37(40)41)18-34-36-31(38)30-27(20-7-5-4-6-8-20)28-23(33)14-16-25(42-2)29(28)35-30/h4-18,35H,3H2,1-2H3,(H,36,38). The molecule has 0 aliphatic heterocycles. The van der Waals surface area contributed by atoms with E-state index >= 15 is 0 Å². The summed E-state index contributed by atoms with van der Waals surface area (Å²) in [5.41, 5.74) is 5.64. The number of amides is 1. The SMILES string of the molecule is CCOc1cc(C=NNC(=O)c2[nH]c3c(OC)ccc(Br)c3c2-c2ccccc2)ccc1OC(=O)c1ccc([N+](=O)[O-])cc1. The average molecular weight is 657 g/mol. The number of carbonyl (C=O) groups is 2. The van der Waals surface area contributed by atoms with E-state index in [4.69, 9.17) is 14.2 Å². The zero-order chi connectivity index (χ0) is 31.2. The summed E-state index contributed by atoms with van der Waals surface area (Å²) in [5, 5.41) is 15.8. The number of aromatic amines is 1. The van der Waals surface area contributed by atoms with E-state index in [1.165, 1.54) is 36.5 Å². The molecule has 0 unspecified atom stereocenters. The van der Waals surface area contributed by atoms with Crippen LogP contribution < -0.4 is 19.6 Å².